The zero-order valence-corrected chi connectivity index (χ0v) is 18.0. The molecule has 0 spiro atoms. The Morgan fingerprint density at radius 1 is 1.00 bits per heavy atom. The molecule has 0 bridgehead atoms. The van der Waals surface area contributed by atoms with E-state index >= 15 is 0 Å². The maximum absolute atomic E-state index is 13.8. The van der Waals surface area contributed by atoms with Crippen molar-refractivity contribution in [2.75, 3.05) is 7.11 Å². The van der Waals surface area contributed by atoms with Crippen LogP contribution in [0.1, 0.15) is 16.3 Å². The van der Waals surface area contributed by atoms with Crippen molar-refractivity contribution >= 4 is 27.5 Å². The van der Waals surface area contributed by atoms with E-state index in [0.29, 0.717) is 21.8 Å². The zero-order chi connectivity index (χ0) is 22.1. The number of hydrogen-bond acceptors (Lipinski definition) is 6. The van der Waals surface area contributed by atoms with E-state index in [1.54, 1.807) is 16.7 Å². The Balaban J connectivity index is 1.71. The predicted octanol–water partition coefficient (Wildman–Crippen LogP) is 5.22. The van der Waals surface area contributed by atoms with Crippen molar-refractivity contribution in [3.05, 3.63) is 100 Å². The summed E-state index contributed by atoms with van der Waals surface area (Å²) in [4.78, 5) is 31.1. The summed E-state index contributed by atoms with van der Waals surface area (Å²) in [5.41, 5.74) is 2.47. The number of aromatic nitrogens is 2. The molecule has 0 saturated carbocycles. The molecule has 6 nitrogen and oxygen atoms in total. The molecule has 0 saturated heterocycles. The van der Waals surface area contributed by atoms with Gasteiger partial charge in [0.15, 0.2) is 0 Å². The van der Waals surface area contributed by atoms with Gasteiger partial charge in [0.25, 0.3) is 5.56 Å². The van der Waals surface area contributed by atoms with Crippen LogP contribution in [0.5, 0.6) is 0 Å². The fourth-order valence-corrected chi connectivity index (χ4v) is 4.58. The highest BCUT2D eigenvalue weighted by molar-refractivity contribution is 7.17. The number of methoxy groups -OCH3 is 1. The van der Waals surface area contributed by atoms with Crippen molar-refractivity contribution in [1.29, 1.82) is 0 Å². The van der Waals surface area contributed by atoms with E-state index in [2.05, 4.69) is 0 Å². The zero-order valence-electron chi connectivity index (χ0n) is 17.1. The normalized spacial score (nSPS) is 11.0. The van der Waals surface area contributed by atoms with E-state index in [9.17, 15) is 9.59 Å². The number of furan rings is 1. The Kier molecular flexibility index (Phi) is 5.17. The number of nitrogens with zero attached hydrogens (tertiary/aromatic N) is 2. The fourth-order valence-electron chi connectivity index (χ4n) is 3.64. The standard InChI is InChI=1S/C25H18N2O4S/c1-30-25(29)20-13-12-18(31-20)14-27-22(17-10-6-3-7-11-17)26-23-21(24(27)28)19(15-32-23)16-8-4-2-5-9-16/h2-13,15H,14H2,1H3. The second kappa shape index (κ2) is 8.28. The minimum Gasteiger partial charge on any atom is -0.463 e. The third-order valence-electron chi connectivity index (χ3n) is 5.17. The molecule has 0 N–H and O–H groups in total. The van der Waals surface area contributed by atoms with Crippen LogP contribution in [0.4, 0.5) is 0 Å². The van der Waals surface area contributed by atoms with Gasteiger partial charge in [0.2, 0.25) is 5.76 Å². The number of hydrogen-bond donors (Lipinski definition) is 0. The molecule has 2 aromatic carbocycles. The van der Waals surface area contributed by atoms with Crippen LogP contribution < -0.4 is 5.56 Å². The summed E-state index contributed by atoms with van der Waals surface area (Å²) in [5, 5.41) is 2.54. The van der Waals surface area contributed by atoms with Crippen LogP contribution in [-0.4, -0.2) is 22.6 Å². The van der Waals surface area contributed by atoms with Crippen molar-refractivity contribution in [2.24, 2.45) is 0 Å². The second-order valence-electron chi connectivity index (χ2n) is 7.15. The Bertz CT molecular complexity index is 1470. The highest BCUT2D eigenvalue weighted by Crippen LogP contribution is 2.32. The number of carbonyl (C=O) groups is 1. The minimum atomic E-state index is -0.565. The molecule has 5 rings (SSSR count). The number of esters is 1. The van der Waals surface area contributed by atoms with Gasteiger partial charge in [0, 0.05) is 16.5 Å². The van der Waals surface area contributed by atoms with Crippen LogP contribution >= 0.6 is 11.3 Å². The first kappa shape index (κ1) is 20.0. The Labute approximate surface area is 187 Å². The van der Waals surface area contributed by atoms with Crippen molar-refractivity contribution in [2.45, 2.75) is 6.54 Å². The lowest BCUT2D eigenvalue weighted by Gasteiger charge is -2.12. The van der Waals surface area contributed by atoms with Crippen LogP contribution in [-0.2, 0) is 11.3 Å². The number of ether oxygens (including phenoxy) is 1. The van der Waals surface area contributed by atoms with E-state index in [4.69, 9.17) is 14.1 Å². The minimum absolute atomic E-state index is 0.0892. The lowest BCUT2D eigenvalue weighted by atomic mass is 10.1. The van der Waals surface area contributed by atoms with Gasteiger partial charge in [0.1, 0.15) is 16.4 Å². The van der Waals surface area contributed by atoms with E-state index < -0.39 is 5.97 Å². The molecule has 0 atom stereocenters. The number of fused-ring (bicyclic) bond motifs is 1. The Morgan fingerprint density at radius 3 is 2.38 bits per heavy atom. The summed E-state index contributed by atoms with van der Waals surface area (Å²) < 4.78 is 11.9. The molecule has 7 heteroatoms. The van der Waals surface area contributed by atoms with Gasteiger partial charge in [-0.15, -0.1) is 11.3 Å². The molecule has 3 aromatic heterocycles. The molecule has 0 aliphatic carbocycles. The summed E-state index contributed by atoms with van der Waals surface area (Å²) in [6.45, 7) is 0.132. The predicted molar refractivity (Wildman–Crippen MR) is 124 cm³/mol. The number of benzene rings is 2. The van der Waals surface area contributed by atoms with Crippen molar-refractivity contribution < 1.29 is 13.9 Å². The van der Waals surface area contributed by atoms with Crippen LogP contribution in [0.25, 0.3) is 32.7 Å². The lowest BCUT2D eigenvalue weighted by molar-refractivity contribution is 0.0563. The molecule has 0 aliphatic heterocycles. The van der Waals surface area contributed by atoms with Crippen LogP contribution in [0, 0.1) is 0 Å². The molecular formula is C25H18N2O4S. The summed E-state index contributed by atoms with van der Waals surface area (Å²) in [5.74, 6) is 0.527. The lowest BCUT2D eigenvalue weighted by Crippen LogP contribution is -2.23. The van der Waals surface area contributed by atoms with Gasteiger partial charge in [0.05, 0.1) is 19.0 Å². The quantitative estimate of drug-likeness (QED) is 0.349. The summed E-state index contributed by atoms with van der Waals surface area (Å²) in [6.07, 6.45) is 0. The van der Waals surface area contributed by atoms with Crippen molar-refractivity contribution in [3.63, 3.8) is 0 Å². The Hall–Kier alpha value is -3.97. The molecule has 0 radical (unpaired) electrons. The SMILES string of the molecule is COC(=O)c1ccc(Cn2c(-c3ccccc3)nc3scc(-c4ccccc4)c3c2=O)o1. The van der Waals surface area contributed by atoms with Crippen LogP contribution in [0.2, 0.25) is 0 Å². The number of rotatable bonds is 5. The fraction of sp³-hybridized carbons (Fsp3) is 0.0800. The van der Waals surface area contributed by atoms with Crippen LogP contribution in [0.3, 0.4) is 0 Å². The van der Waals surface area contributed by atoms with Gasteiger partial charge in [-0.05, 0) is 17.7 Å². The smallest absolute Gasteiger partial charge is 0.373 e. The average Bonchev–Trinajstić information content (AvgIpc) is 3.49. The summed E-state index contributed by atoms with van der Waals surface area (Å²) in [6, 6.07) is 22.6. The van der Waals surface area contributed by atoms with Gasteiger partial charge in [-0.2, -0.15) is 0 Å². The molecule has 3 heterocycles. The van der Waals surface area contributed by atoms with Crippen molar-refractivity contribution in [3.8, 4) is 22.5 Å². The first-order valence-corrected chi connectivity index (χ1v) is 10.8. The van der Waals surface area contributed by atoms with Gasteiger partial charge >= 0.3 is 5.97 Å². The van der Waals surface area contributed by atoms with E-state index in [1.165, 1.54) is 18.4 Å². The first-order chi connectivity index (χ1) is 15.7. The van der Waals surface area contributed by atoms with E-state index in [-0.39, 0.29) is 17.9 Å². The monoisotopic (exact) mass is 442 g/mol. The largest absolute Gasteiger partial charge is 0.463 e. The molecule has 0 aliphatic rings. The molecule has 0 amide bonds. The maximum atomic E-state index is 13.8. The van der Waals surface area contributed by atoms with E-state index in [0.717, 1.165) is 16.7 Å². The third kappa shape index (κ3) is 3.52. The Morgan fingerprint density at radius 2 is 1.69 bits per heavy atom. The van der Waals surface area contributed by atoms with Gasteiger partial charge in [-0.3, -0.25) is 9.36 Å². The molecule has 0 unspecified atom stereocenters. The van der Waals surface area contributed by atoms with Crippen molar-refractivity contribution in [1.82, 2.24) is 9.55 Å². The summed E-state index contributed by atoms with van der Waals surface area (Å²) in [7, 11) is 1.29. The van der Waals surface area contributed by atoms with Crippen LogP contribution in [0.15, 0.2) is 87.4 Å². The average molecular weight is 442 g/mol. The molecule has 0 fully saturated rings. The van der Waals surface area contributed by atoms with Gasteiger partial charge in [-0.1, -0.05) is 60.7 Å². The number of carbonyl (C=O) groups excluding carboxylic acids is 1. The molecular weight excluding hydrogens is 424 g/mol. The molecule has 5 aromatic rings. The van der Waals surface area contributed by atoms with E-state index in [1.807, 2.05) is 66.0 Å². The third-order valence-corrected chi connectivity index (χ3v) is 6.04. The van der Waals surface area contributed by atoms with Gasteiger partial charge < -0.3 is 9.15 Å². The highest BCUT2D eigenvalue weighted by Gasteiger charge is 2.20. The van der Waals surface area contributed by atoms with Gasteiger partial charge in [-0.25, -0.2) is 9.78 Å². The number of thiophene rings is 1. The maximum Gasteiger partial charge on any atom is 0.373 e. The molecule has 158 valence electrons. The first-order valence-electron chi connectivity index (χ1n) is 9.95. The highest BCUT2D eigenvalue weighted by atomic mass is 32.1. The molecule has 32 heavy (non-hydrogen) atoms. The topological polar surface area (TPSA) is 74.3 Å². The summed E-state index contributed by atoms with van der Waals surface area (Å²) >= 11 is 1.45. The second-order valence-corrected chi connectivity index (χ2v) is 8.00.